The van der Waals surface area contributed by atoms with Crippen LogP contribution in [0.2, 0.25) is 0 Å². The normalized spacial score (nSPS) is 18.9. The topological polar surface area (TPSA) is 107 Å². The van der Waals surface area contributed by atoms with Crippen molar-refractivity contribution in [3.63, 3.8) is 0 Å². The van der Waals surface area contributed by atoms with Gasteiger partial charge in [-0.25, -0.2) is 4.79 Å². The van der Waals surface area contributed by atoms with Crippen molar-refractivity contribution in [3.8, 4) is 0 Å². The van der Waals surface area contributed by atoms with E-state index in [0.717, 1.165) is 5.69 Å². The van der Waals surface area contributed by atoms with Gasteiger partial charge >= 0.3 is 6.09 Å². The molecule has 1 atom stereocenters. The maximum atomic E-state index is 11.0. The summed E-state index contributed by atoms with van der Waals surface area (Å²) < 4.78 is 0. The second kappa shape index (κ2) is 5.74. The number of aliphatic hydroxyl groups is 1. The number of nitrogens with zero attached hydrogens (tertiary/aromatic N) is 3. The van der Waals surface area contributed by atoms with Crippen LogP contribution in [-0.2, 0) is 0 Å². The summed E-state index contributed by atoms with van der Waals surface area (Å²) in [4.78, 5) is 24.2. The van der Waals surface area contributed by atoms with Gasteiger partial charge in [-0.1, -0.05) is 0 Å². The fourth-order valence-electron chi connectivity index (χ4n) is 2.28. The van der Waals surface area contributed by atoms with Gasteiger partial charge in [0.1, 0.15) is 0 Å². The number of amides is 1. The number of carboxylic acid groups (broad SMARTS) is 1. The molecule has 1 heterocycles. The lowest BCUT2D eigenvalue weighted by Crippen LogP contribution is -2.56. The van der Waals surface area contributed by atoms with E-state index in [1.165, 1.54) is 17.0 Å². The maximum Gasteiger partial charge on any atom is 0.407 e. The zero-order valence-electron chi connectivity index (χ0n) is 10.7. The second-order valence-electron chi connectivity index (χ2n) is 4.53. The number of nitro benzene ring substituents is 1. The van der Waals surface area contributed by atoms with Gasteiger partial charge in [-0.3, -0.25) is 15.0 Å². The summed E-state index contributed by atoms with van der Waals surface area (Å²) in [5, 5.41) is 28.9. The van der Waals surface area contributed by atoms with Crippen LogP contribution in [-0.4, -0.2) is 58.4 Å². The molecule has 1 aromatic rings. The van der Waals surface area contributed by atoms with Crippen LogP contribution >= 0.6 is 0 Å². The molecule has 1 fully saturated rings. The van der Waals surface area contributed by atoms with Crippen LogP contribution in [0.25, 0.3) is 0 Å². The molecule has 1 saturated heterocycles. The van der Waals surface area contributed by atoms with Gasteiger partial charge in [0, 0.05) is 37.5 Å². The summed E-state index contributed by atoms with van der Waals surface area (Å²) >= 11 is 0. The van der Waals surface area contributed by atoms with Crippen molar-refractivity contribution < 1.29 is 19.9 Å². The second-order valence-corrected chi connectivity index (χ2v) is 4.53. The number of non-ortho nitro benzene ring substituents is 1. The zero-order chi connectivity index (χ0) is 14.7. The number of hydrogen-bond donors (Lipinski definition) is 2. The summed E-state index contributed by atoms with van der Waals surface area (Å²) in [6.45, 7) is 0.883. The highest BCUT2D eigenvalue weighted by molar-refractivity contribution is 5.66. The highest BCUT2D eigenvalue weighted by atomic mass is 16.6. The van der Waals surface area contributed by atoms with E-state index in [2.05, 4.69) is 0 Å². The molecule has 2 N–H and O–H groups in total. The van der Waals surface area contributed by atoms with Crippen LogP contribution in [0.3, 0.4) is 0 Å². The molecule has 1 aromatic carbocycles. The van der Waals surface area contributed by atoms with E-state index in [1.54, 1.807) is 12.1 Å². The average molecular weight is 281 g/mol. The van der Waals surface area contributed by atoms with Crippen LogP contribution in [0, 0.1) is 10.1 Å². The van der Waals surface area contributed by atoms with E-state index in [0.29, 0.717) is 13.1 Å². The Morgan fingerprint density at radius 2 is 2.00 bits per heavy atom. The van der Waals surface area contributed by atoms with Gasteiger partial charge in [0.05, 0.1) is 17.6 Å². The third-order valence-corrected chi connectivity index (χ3v) is 3.36. The lowest BCUT2D eigenvalue weighted by atomic mass is 10.1. The fraction of sp³-hybridized carbons (Fsp3) is 0.417. The molecule has 20 heavy (non-hydrogen) atoms. The molecule has 0 radical (unpaired) electrons. The fourth-order valence-corrected chi connectivity index (χ4v) is 2.28. The molecule has 0 aliphatic carbocycles. The van der Waals surface area contributed by atoms with Gasteiger partial charge in [0.25, 0.3) is 5.69 Å². The van der Waals surface area contributed by atoms with Crippen molar-refractivity contribution >= 4 is 17.5 Å². The molecular weight excluding hydrogens is 266 g/mol. The molecule has 1 amide bonds. The predicted molar refractivity (Wildman–Crippen MR) is 70.9 cm³/mol. The van der Waals surface area contributed by atoms with Crippen LogP contribution in [0.15, 0.2) is 24.3 Å². The molecule has 2 rings (SSSR count). The summed E-state index contributed by atoms with van der Waals surface area (Å²) in [6, 6.07) is 5.59. The first-order valence-electron chi connectivity index (χ1n) is 6.12. The van der Waals surface area contributed by atoms with Crippen molar-refractivity contribution in [2.45, 2.75) is 6.04 Å². The Bertz CT molecular complexity index is 504. The number of carbonyl (C=O) groups is 1. The Morgan fingerprint density at radius 3 is 2.50 bits per heavy atom. The lowest BCUT2D eigenvalue weighted by Gasteiger charge is -2.40. The Balaban J connectivity index is 2.11. The number of benzene rings is 1. The number of rotatable bonds is 3. The van der Waals surface area contributed by atoms with Crippen LogP contribution in [0.4, 0.5) is 16.2 Å². The standard InChI is InChI=1S/C12H15N3O5/c16-8-11-7-13(5-6-14(11)12(17)18)9-1-3-10(4-2-9)15(19)20/h1-4,11,16H,5-8H2,(H,17,18)/t11-/m1/s1. The minimum atomic E-state index is -1.05. The SMILES string of the molecule is O=C(O)N1CCN(c2ccc([N+](=O)[O-])cc2)C[C@@H]1CO. The summed E-state index contributed by atoms with van der Waals surface area (Å²) in [5.74, 6) is 0. The van der Waals surface area contributed by atoms with Gasteiger partial charge in [-0.15, -0.1) is 0 Å². The third kappa shape index (κ3) is 2.80. The molecule has 0 spiro atoms. The first-order valence-corrected chi connectivity index (χ1v) is 6.12. The minimum absolute atomic E-state index is 0.0108. The first kappa shape index (κ1) is 14.1. The van der Waals surface area contributed by atoms with Crippen LogP contribution in [0.1, 0.15) is 0 Å². The van der Waals surface area contributed by atoms with Crippen LogP contribution < -0.4 is 4.90 Å². The molecule has 1 aliphatic rings. The van der Waals surface area contributed by atoms with E-state index < -0.39 is 17.1 Å². The molecular formula is C12H15N3O5. The molecule has 1 aliphatic heterocycles. The quantitative estimate of drug-likeness (QED) is 0.625. The third-order valence-electron chi connectivity index (χ3n) is 3.36. The number of aliphatic hydroxyl groups excluding tert-OH is 1. The average Bonchev–Trinajstić information content (AvgIpc) is 2.46. The van der Waals surface area contributed by atoms with Crippen molar-refractivity contribution in [1.82, 2.24) is 4.90 Å². The number of hydrogen-bond acceptors (Lipinski definition) is 5. The minimum Gasteiger partial charge on any atom is -0.465 e. The molecule has 0 saturated carbocycles. The number of anilines is 1. The van der Waals surface area contributed by atoms with Crippen molar-refractivity contribution in [3.05, 3.63) is 34.4 Å². The largest absolute Gasteiger partial charge is 0.465 e. The highest BCUT2D eigenvalue weighted by Gasteiger charge is 2.29. The smallest absolute Gasteiger partial charge is 0.407 e. The number of nitro groups is 1. The Morgan fingerprint density at radius 1 is 1.35 bits per heavy atom. The van der Waals surface area contributed by atoms with Gasteiger partial charge in [0.2, 0.25) is 0 Å². The van der Waals surface area contributed by atoms with Crippen molar-refractivity contribution in [1.29, 1.82) is 0 Å². The molecule has 8 heteroatoms. The summed E-state index contributed by atoms with van der Waals surface area (Å²) in [6.07, 6.45) is -1.05. The predicted octanol–water partition coefficient (Wildman–Crippen LogP) is 0.756. The summed E-state index contributed by atoms with van der Waals surface area (Å²) in [5.41, 5.74) is 0.788. The zero-order valence-corrected chi connectivity index (χ0v) is 10.7. The van der Waals surface area contributed by atoms with Gasteiger partial charge in [-0.2, -0.15) is 0 Å². The first-order chi connectivity index (χ1) is 9.52. The van der Waals surface area contributed by atoms with E-state index in [9.17, 15) is 20.0 Å². The van der Waals surface area contributed by atoms with Crippen LogP contribution in [0.5, 0.6) is 0 Å². The highest BCUT2D eigenvalue weighted by Crippen LogP contribution is 2.22. The van der Waals surface area contributed by atoms with Crippen molar-refractivity contribution in [2.75, 3.05) is 31.1 Å². The lowest BCUT2D eigenvalue weighted by molar-refractivity contribution is -0.384. The van der Waals surface area contributed by atoms with Gasteiger partial charge in [-0.05, 0) is 12.1 Å². The Hall–Kier alpha value is -2.35. The number of piperazine rings is 1. The van der Waals surface area contributed by atoms with E-state index in [-0.39, 0.29) is 18.8 Å². The molecule has 108 valence electrons. The summed E-state index contributed by atoms with van der Waals surface area (Å²) in [7, 11) is 0. The van der Waals surface area contributed by atoms with Gasteiger partial charge < -0.3 is 15.1 Å². The van der Waals surface area contributed by atoms with Gasteiger partial charge in [0.15, 0.2) is 0 Å². The monoisotopic (exact) mass is 281 g/mol. The van der Waals surface area contributed by atoms with Crippen molar-refractivity contribution in [2.24, 2.45) is 0 Å². The Kier molecular flexibility index (Phi) is 4.04. The Labute approximate surface area is 115 Å². The molecule has 0 bridgehead atoms. The maximum absolute atomic E-state index is 11.0. The molecule has 0 unspecified atom stereocenters. The molecule has 0 aromatic heterocycles. The van der Waals surface area contributed by atoms with E-state index in [4.69, 9.17) is 5.11 Å². The molecule has 8 nitrogen and oxygen atoms in total. The van der Waals surface area contributed by atoms with E-state index >= 15 is 0 Å². The van der Waals surface area contributed by atoms with E-state index in [1.807, 2.05) is 4.90 Å².